The molecule has 0 spiro atoms. The molecule has 0 heterocycles. The van der Waals surface area contributed by atoms with E-state index < -0.39 is 0 Å². The van der Waals surface area contributed by atoms with Crippen molar-refractivity contribution in [2.75, 3.05) is 7.05 Å². The Morgan fingerprint density at radius 3 is 2.81 bits per heavy atom. The van der Waals surface area contributed by atoms with Crippen LogP contribution in [0.3, 0.4) is 0 Å². The molecule has 4 nitrogen and oxygen atoms in total. The summed E-state index contributed by atoms with van der Waals surface area (Å²) in [7, 11) is 1.60. The van der Waals surface area contributed by atoms with Gasteiger partial charge in [-0.05, 0) is 19.4 Å². The number of benzene rings is 1. The zero-order chi connectivity index (χ0) is 12.1. The minimum absolute atomic E-state index is 0.0628. The first-order valence-electron chi connectivity index (χ1n) is 5.28. The molecule has 1 rings (SSSR count). The molecule has 0 fully saturated rings. The van der Waals surface area contributed by atoms with E-state index in [2.05, 4.69) is 10.6 Å². The smallest absolute Gasteiger partial charge is 0.236 e. The third-order valence-electron chi connectivity index (χ3n) is 2.56. The van der Waals surface area contributed by atoms with Crippen LogP contribution in [-0.4, -0.2) is 24.1 Å². The summed E-state index contributed by atoms with van der Waals surface area (Å²) in [6.45, 7) is 4.11. The van der Waals surface area contributed by atoms with Gasteiger partial charge in [0.2, 0.25) is 5.91 Å². The fraction of sp³-hybridized carbons (Fsp3) is 0.417. The molecule has 0 bridgehead atoms. The Bertz CT molecular complexity index is 377. The molecular formula is C12H18N2O2. The normalized spacial score (nSPS) is 12.2. The zero-order valence-electron chi connectivity index (χ0n) is 9.87. The van der Waals surface area contributed by atoms with Crippen molar-refractivity contribution in [2.45, 2.75) is 26.4 Å². The lowest BCUT2D eigenvalue weighted by Crippen LogP contribution is -2.40. The number of hydrogen-bond donors (Lipinski definition) is 3. The molecule has 0 aromatic heterocycles. The highest BCUT2D eigenvalue weighted by Gasteiger charge is 2.11. The van der Waals surface area contributed by atoms with Crippen LogP contribution in [0.15, 0.2) is 18.2 Å². The third-order valence-corrected chi connectivity index (χ3v) is 2.56. The van der Waals surface area contributed by atoms with Crippen LogP contribution < -0.4 is 10.6 Å². The van der Waals surface area contributed by atoms with Gasteiger partial charge in [-0.1, -0.05) is 18.2 Å². The number of para-hydroxylation sites is 1. The number of aromatic hydroxyl groups is 1. The van der Waals surface area contributed by atoms with Gasteiger partial charge in [0.15, 0.2) is 0 Å². The number of phenolic OH excluding ortho intramolecular Hbond substituents is 1. The lowest BCUT2D eigenvalue weighted by atomic mass is 10.1. The van der Waals surface area contributed by atoms with Gasteiger partial charge in [0.1, 0.15) is 5.75 Å². The number of carbonyl (C=O) groups is 1. The first kappa shape index (κ1) is 12.5. The Morgan fingerprint density at radius 1 is 1.50 bits per heavy atom. The van der Waals surface area contributed by atoms with Crippen LogP contribution in [0.5, 0.6) is 5.75 Å². The van der Waals surface area contributed by atoms with Crippen LogP contribution in [0.4, 0.5) is 0 Å². The molecule has 0 saturated carbocycles. The van der Waals surface area contributed by atoms with E-state index in [4.69, 9.17) is 0 Å². The Balaban J connectivity index is 2.61. The molecule has 1 atom stereocenters. The number of aryl methyl sites for hydroxylation is 1. The van der Waals surface area contributed by atoms with Gasteiger partial charge < -0.3 is 15.7 Å². The number of nitrogens with one attached hydrogen (secondary N) is 2. The van der Waals surface area contributed by atoms with Gasteiger partial charge in [-0.3, -0.25) is 4.79 Å². The topological polar surface area (TPSA) is 61.4 Å². The van der Waals surface area contributed by atoms with Gasteiger partial charge in [-0.15, -0.1) is 0 Å². The number of carbonyl (C=O) groups excluding carboxylic acids is 1. The monoisotopic (exact) mass is 222 g/mol. The number of likely N-dealkylation sites (N-methyl/N-ethyl adjacent to an activating group) is 1. The predicted octanol–water partition coefficient (Wildman–Crippen LogP) is 0.925. The van der Waals surface area contributed by atoms with Crippen molar-refractivity contribution >= 4 is 5.91 Å². The van der Waals surface area contributed by atoms with Gasteiger partial charge in [0.25, 0.3) is 0 Å². The van der Waals surface area contributed by atoms with Gasteiger partial charge in [-0.2, -0.15) is 0 Å². The van der Waals surface area contributed by atoms with Crippen molar-refractivity contribution < 1.29 is 9.90 Å². The van der Waals surface area contributed by atoms with Gasteiger partial charge in [0, 0.05) is 19.2 Å². The molecule has 16 heavy (non-hydrogen) atoms. The van der Waals surface area contributed by atoms with Gasteiger partial charge in [0.05, 0.1) is 6.04 Å². The Kier molecular flexibility index (Phi) is 4.31. The molecule has 1 amide bonds. The molecule has 0 saturated heterocycles. The summed E-state index contributed by atoms with van der Waals surface area (Å²) in [4.78, 5) is 11.2. The van der Waals surface area contributed by atoms with E-state index in [0.717, 1.165) is 11.1 Å². The molecule has 3 N–H and O–H groups in total. The van der Waals surface area contributed by atoms with Crippen LogP contribution in [0.25, 0.3) is 0 Å². The first-order valence-corrected chi connectivity index (χ1v) is 5.28. The van der Waals surface area contributed by atoms with Crippen molar-refractivity contribution in [1.29, 1.82) is 0 Å². The van der Waals surface area contributed by atoms with Crippen LogP contribution in [0.1, 0.15) is 18.1 Å². The van der Waals surface area contributed by atoms with E-state index >= 15 is 0 Å². The average molecular weight is 222 g/mol. The van der Waals surface area contributed by atoms with E-state index in [0.29, 0.717) is 12.3 Å². The van der Waals surface area contributed by atoms with Crippen LogP contribution >= 0.6 is 0 Å². The van der Waals surface area contributed by atoms with Crippen molar-refractivity contribution in [3.63, 3.8) is 0 Å². The molecule has 0 unspecified atom stereocenters. The Morgan fingerprint density at radius 2 is 2.19 bits per heavy atom. The van der Waals surface area contributed by atoms with Crippen LogP contribution in [0, 0.1) is 6.92 Å². The highest BCUT2D eigenvalue weighted by Crippen LogP contribution is 2.20. The largest absolute Gasteiger partial charge is 0.507 e. The molecule has 1 aromatic carbocycles. The summed E-state index contributed by atoms with van der Waals surface area (Å²) >= 11 is 0. The molecule has 0 aliphatic carbocycles. The van der Waals surface area contributed by atoms with Gasteiger partial charge >= 0.3 is 0 Å². The first-order chi connectivity index (χ1) is 7.56. The van der Waals surface area contributed by atoms with E-state index in [1.54, 1.807) is 14.0 Å². The summed E-state index contributed by atoms with van der Waals surface area (Å²) in [5.41, 5.74) is 1.64. The SMILES string of the molecule is CNC(=O)[C@@H](C)NCc1cccc(C)c1O. The minimum Gasteiger partial charge on any atom is -0.507 e. The van der Waals surface area contributed by atoms with E-state index in [1.165, 1.54) is 0 Å². The number of hydrogen-bond acceptors (Lipinski definition) is 3. The lowest BCUT2D eigenvalue weighted by Gasteiger charge is -2.13. The lowest BCUT2D eigenvalue weighted by molar-refractivity contribution is -0.122. The maximum absolute atomic E-state index is 11.2. The van der Waals surface area contributed by atoms with Gasteiger partial charge in [-0.25, -0.2) is 0 Å². The van der Waals surface area contributed by atoms with Crippen molar-refractivity contribution in [1.82, 2.24) is 10.6 Å². The maximum atomic E-state index is 11.2. The zero-order valence-corrected chi connectivity index (χ0v) is 9.87. The number of amides is 1. The second kappa shape index (κ2) is 5.51. The molecule has 0 aliphatic heterocycles. The van der Waals surface area contributed by atoms with Crippen molar-refractivity contribution in [2.24, 2.45) is 0 Å². The van der Waals surface area contributed by atoms with E-state index in [-0.39, 0.29) is 11.9 Å². The fourth-order valence-corrected chi connectivity index (χ4v) is 1.43. The van der Waals surface area contributed by atoms with Crippen molar-refractivity contribution in [3.05, 3.63) is 29.3 Å². The average Bonchev–Trinajstić information content (AvgIpc) is 2.29. The molecular weight excluding hydrogens is 204 g/mol. The summed E-state index contributed by atoms with van der Waals surface area (Å²) in [5.74, 6) is 0.228. The second-order valence-electron chi connectivity index (χ2n) is 3.80. The van der Waals surface area contributed by atoms with E-state index in [9.17, 15) is 9.90 Å². The van der Waals surface area contributed by atoms with Crippen LogP contribution in [-0.2, 0) is 11.3 Å². The van der Waals surface area contributed by atoms with Crippen LogP contribution in [0.2, 0.25) is 0 Å². The molecule has 0 aliphatic rings. The Labute approximate surface area is 95.7 Å². The standard InChI is InChI=1S/C12H18N2O2/c1-8-5-4-6-10(11(8)15)7-14-9(2)12(16)13-3/h4-6,9,14-15H,7H2,1-3H3,(H,13,16)/t9-/m1/s1. The molecule has 4 heteroatoms. The summed E-state index contributed by atoms with van der Waals surface area (Å²) < 4.78 is 0. The summed E-state index contributed by atoms with van der Waals surface area (Å²) in [6.07, 6.45) is 0. The maximum Gasteiger partial charge on any atom is 0.236 e. The molecule has 0 radical (unpaired) electrons. The highest BCUT2D eigenvalue weighted by atomic mass is 16.3. The third kappa shape index (κ3) is 2.97. The van der Waals surface area contributed by atoms with Crippen molar-refractivity contribution in [3.8, 4) is 5.75 Å². The van der Waals surface area contributed by atoms with E-state index in [1.807, 2.05) is 25.1 Å². The summed E-state index contributed by atoms with van der Waals surface area (Å²) in [6, 6.07) is 5.30. The predicted molar refractivity (Wildman–Crippen MR) is 63.2 cm³/mol. The fourth-order valence-electron chi connectivity index (χ4n) is 1.43. The number of rotatable bonds is 4. The Hall–Kier alpha value is -1.55. The molecule has 1 aromatic rings. The number of phenols is 1. The second-order valence-corrected chi connectivity index (χ2v) is 3.80. The molecule has 88 valence electrons. The minimum atomic E-state index is -0.273. The summed E-state index contributed by atoms with van der Waals surface area (Å²) in [5, 5.41) is 15.4. The highest BCUT2D eigenvalue weighted by molar-refractivity contribution is 5.80. The quantitative estimate of drug-likeness (QED) is 0.710.